The number of hydrogen-bond donors (Lipinski definition) is 0. The molecule has 1 rings (SSSR count). The van der Waals surface area contributed by atoms with Gasteiger partial charge in [0.2, 0.25) is 0 Å². The molecule has 1 aromatic rings. The molecule has 0 fully saturated rings. The fraction of sp³-hybridized carbons (Fsp3) is 0.500. The van der Waals surface area contributed by atoms with Crippen molar-refractivity contribution in [3.8, 4) is 0 Å². The molecular formula is C14H20O. The maximum absolute atomic E-state index is 12.0. The maximum Gasteiger partial charge on any atom is 0.165 e. The summed E-state index contributed by atoms with van der Waals surface area (Å²) in [5.74, 6) is 0.439. The first-order valence-corrected chi connectivity index (χ1v) is 5.82. The van der Waals surface area contributed by atoms with E-state index in [2.05, 4.69) is 19.9 Å². The summed E-state index contributed by atoms with van der Waals surface area (Å²) in [6, 6.07) is 7.99. The van der Waals surface area contributed by atoms with Crippen molar-refractivity contribution in [1.82, 2.24) is 0 Å². The van der Waals surface area contributed by atoms with Crippen molar-refractivity contribution in [2.45, 2.75) is 40.0 Å². The summed E-state index contributed by atoms with van der Waals surface area (Å²) in [7, 11) is 0. The summed E-state index contributed by atoms with van der Waals surface area (Å²) in [5, 5.41) is 0. The number of carbonyl (C=O) groups is 1. The Kier molecular flexibility index (Phi) is 4.54. The van der Waals surface area contributed by atoms with Crippen LogP contribution < -0.4 is 0 Å². The van der Waals surface area contributed by atoms with Crippen molar-refractivity contribution in [3.05, 3.63) is 35.4 Å². The van der Waals surface area contributed by atoms with Gasteiger partial charge < -0.3 is 0 Å². The van der Waals surface area contributed by atoms with E-state index in [-0.39, 0.29) is 11.7 Å². The van der Waals surface area contributed by atoms with E-state index in [9.17, 15) is 4.79 Å². The molecule has 0 bridgehead atoms. The largest absolute Gasteiger partial charge is 0.294 e. The second kappa shape index (κ2) is 5.69. The smallest absolute Gasteiger partial charge is 0.165 e. The highest BCUT2D eigenvalue weighted by molar-refractivity contribution is 5.97. The molecule has 0 aliphatic heterocycles. The summed E-state index contributed by atoms with van der Waals surface area (Å²) >= 11 is 0. The molecule has 0 amide bonds. The van der Waals surface area contributed by atoms with Gasteiger partial charge >= 0.3 is 0 Å². The number of aryl methyl sites for hydroxylation is 1. The SMILES string of the molecule is CCCC(C)C(=O)c1cccc(CC)c1. The Morgan fingerprint density at radius 3 is 2.67 bits per heavy atom. The highest BCUT2D eigenvalue weighted by Crippen LogP contribution is 2.15. The standard InChI is InChI=1S/C14H20O/c1-4-7-11(3)14(15)13-9-6-8-12(5-2)10-13/h6,8-11H,4-5,7H2,1-3H3. The second-order valence-electron chi connectivity index (χ2n) is 4.11. The van der Waals surface area contributed by atoms with Crippen LogP contribution in [0.3, 0.4) is 0 Å². The van der Waals surface area contributed by atoms with Crippen molar-refractivity contribution in [1.29, 1.82) is 0 Å². The van der Waals surface area contributed by atoms with Gasteiger partial charge in [-0.15, -0.1) is 0 Å². The van der Waals surface area contributed by atoms with Gasteiger partial charge in [0.15, 0.2) is 5.78 Å². The number of Topliss-reactive ketones (excluding diaryl/α,β-unsaturated/α-hetero) is 1. The molecule has 0 aliphatic carbocycles. The highest BCUT2D eigenvalue weighted by Gasteiger charge is 2.13. The van der Waals surface area contributed by atoms with E-state index >= 15 is 0 Å². The van der Waals surface area contributed by atoms with Gasteiger partial charge in [-0.3, -0.25) is 4.79 Å². The molecule has 0 spiro atoms. The third-order valence-corrected chi connectivity index (χ3v) is 2.79. The fourth-order valence-electron chi connectivity index (χ4n) is 1.79. The zero-order chi connectivity index (χ0) is 11.3. The first-order valence-electron chi connectivity index (χ1n) is 5.82. The normalized spacial score (nSPS) is 12.5. The zero-order valence-electron chi connectivity index (χ0n) is 9.92. The average Bonchev–Trinajstić information content (AvgIpc) is 2.28. The summed E-state index contributed by atoms with van der Waals surface area (Å²) in [5.41, 5.74) is 2.11. The van der Waals surface area contributed by atoms with Crippen LogP contribution in [0, 0.1) is 5.92 Å². The van der Waals surface area contributed by atoms with E-state index in [1.807, 2.05) is 25.1 Å². The Morgan fingerprint density at radius 1 is 1.33 bits per heavy atom. The Bertz CT molecular complexity index is 328. The lowest BCUT2D eigenvalue weighted by molar-refractivity contribution is 0.0923. The van der Waals surface area contributed by atoms with Crippen molar-refractivity contribution >= 4 is 5.78 Å². The van der Waals surface area contributed by atoms with Gasteiger partial charge in [-0.2, -0.15) is 0 Å². The summed E-state index contributed by atoms with van der Waals surface area (Å²) in [6.45, 7) is 6.25. The van der Waals surface area contributed by atoms with E-state index in [0.29, 0.717) is 0 Å². The third-order valence-electron chi connectivity index (χ3n) is 2.79. The van der Waals surface area contributed by atoms with Crippen LogP contribution in [0.25, 0.3) is 0 Å². The lowest BCUT2D eigenvalue weighted by Crippen LogP contribution is -2.11. The van der Waals surface area contributed by atoms with Gasteiger partial charge in [0.25, 0.3) is 0 Å². The Labute approximate surface area is 92.5 Å². The van der Waals surface area contributed by atoms with Crippen LogP contribution >= 0.6 is 0 Å². The molecule has 1 nitrogen and oxygen atoms in total. The van der Waals surface area contributed by atoms with Crippen LogP contribution in [0.2, 0.25) is 0 Å². The summed E-state index contributed by atoms with van der Waals surface area (Å²) in [4.78, 5) is 12.0. The van der Waals surface area contributed by atoms with E-state index in [1.165, 1.54) is 5.56 Å². The van der Waals surface area contributed by atoms with Crippen molar-refractivity contribution < 1.29 is 4.79 Å². The Morgan fingerprint density at radius 2 is 2.07 bits per heavy atom. The highest BCUT2D eigenvalue weighted by atomic mass is 16.1. The predicted molar refractivity (Wildman–Crippen MR) is 64.2 cm³/mol. The second-order valence-corrected chi connectivity index (χ2v) is 4.11. The van der Waals surface area contributed by atoms with Crippen LogP contribution in [-0.4, -0.2) is 5.78 Å². The lowest BCUT2D eigenvalue weighted by Gasteiger charge is -2.09. The topological polar surface area (TPSA) is 17.1 Å². The molecule has 1 aromatic carbocycles. The predicted octanol–water partition coefficient (Wildman–Crippen LogP) is 3.87. The molecule has 0 aliphatic rings. The summed E-state index contributed by atoms with van der Waals surface area (Å²) in [6.07, 6.45) is 3.04. The number of rotatable bonds is 5. The average molecular weight is 204 g/mol. The molecule has 15 heavy (non-hydrogen) atoms. The number of ketones is 1. The molecule has 0 N–H and O–H groups in total. The zero-order valence-corrected chi connectivity index (χ0v) is 9.92. The van der Waals surface area contributed by atoms with Crippen molar-refractivity contribution in [2.75, 3.05) is 0 Å². The van der Waals surface area contributed by atoms with Crippen LogP contribution in [0.1, 0.15) is 49.5 Å². The minimum absolute atomic E-state index is 0.155. The van der Waals surface area contributed by atoms with Gasteiger partial charge in [0.1, 0.15) is 0 Å². The molecule has 1 heteroatoms. The Hall–Kier alpha value is -1.11. The minimum Gasteiger partial charge on any atom is -0.294 e. The van der Waals surface area contributed by atoms with Crippen LogP contribution in [0.4, 0.5) is 0 Å². The van der Waals surface area contributed by atoms with Gasteiger partial charge in [-0.05, 0) is 24.5 Å². The van der Waals surface area contributed by atoms with Gasteiger partial charge in [-0.25, -0.2) is 0 Å². The van der Waals surface area contributed by atoms with Gasteiger partial charge in [-0.1, -0.05) is 45.4 Å². The van der Waals surface area contributed by atoms with Crippen LogP contribution in [0.5, 0.6) is 0 Å². The van der Waals surface area contributed by atoms with Crippen molar-refractivity contribution in [2.24, 2.45) is 5.92 Å². The van der Waals surface area contributed by atoms with Gasteiger partial charge in [0, 0.05) is 11.5 Å². The Balaban J connectivity index is 2.81. The molecule has 0 radical (unpaired) electrons. The van der Waals surface area contributed by atoms with E-state index in [4.69, 9.17) is 0 Å². The third kappa shape index (κ3) is 3.19. The first kappa shape index (κ1) is 12.0. The molecule has 0 aromatic heterocycles. The quantitative estimate of drug-likeness (QED) is 0.665. The monoisotopic (exact) mass is 204 g/mol. The number of benzene rings is 1. The van der Waals surface area contributed by atoms with Crippen molar-refractivity contribution in [3.63, 3.8) is 0 Å². The first-order chi connectivity index (χ1) is 7.19. The minimum atomic E-state index is 0.155. The molecular weight excluding hydrogens is 184 g/mol. The molecule has 1 unspecified atom stereocenters. The van der Waals surface area contributed by atoms with E-state index in [1.54, 1.807) is 0 Å². The fourth-order valence-corrected chi connectivity index (χ4v) is 1.79. The van der Waals surface area contributed by atoms with Crippen LogP contribution in [-0.2, 0) is 6.42 Å². The molecule has 0 saturated carbocycles. The molecule has 0 heterocycles. The van der Waals surface area contributed by atoms with Gasteiger partial charge in [0.05, 0.1) is 0 Å². The van der Waals surface area contributed by atoms with E-state index in [0.717, 1.165) is 24.8 Å². The van der Waals surface area contributed by atoms with E-state index < -0.39 is 0 Å². The molecule has 0 saturated heterocycles. The summed E-state index contributed by atoms with van der Waals surface area (Å²) < 4.78 is 0. The van der Waals surface area contributed by atoms with Crippen LogP contribution in [0.15, 0.2) is 24.3 Å². The molecule has 1 atom stereocenters. The number of carbonyl (C=O) groups excluding carboxylic acids is 1. The number of hydrogen-bond acceptors (Lipinski definition) is 1. The maximum atomic E-state index is 12.0. The lowest BCUT2D eigenvalue weighted by atomic mass is 9.94. The molecule has 82 valence electrons.